The first kappa shape index (κ1) is 15.9. The Hall–Kier alpha value is -1.12. The molecule has 0 aromatic rings. The van der Waals surface area contributed by atoms with Crippen LogP contribution in [0.1, 0.15) is 60.3 Å². The van der Waals surface area contributed by atoms with Crippen LogP contribution >= 0.6 is 0 Å². The van der Waals surface area contributed by atoms with Crippen molar-refractivity contribution in [2.45, 2.75) is 60.3 Å². The van der Waals surface area contributed by atoms with E-state index in [1.54, 1.807) is 0 Å². The van der Waals surface area contributed by atoms with Crippen LogP contribution < -0.4 is 0 Å². The molecule has 2 unspecified atom stereocenters. The average molecular weight is 266 g/mol. The second-order valence-corrected chi connectivity index (χ2v) is 7.47. The molecular formula is C16H26O3. The number of carboxylic acid groups (broad SMARTS) is 1. The maximum atomic E-state index is 12.2. The van der Waals surface area contributed by atoms with Crippen LogP contribution in [0.2, 0.25) is 0 Å². The molecule has 1 rings (SSSR count). The lowest BCUT2D eigenvalue weighted by molar-refractivity contribution is -0.143. The van der Waals surface area contributed by atoms with Gasteiger partial charge in [0.25, 0.3) is 0 Å². The molecule has 0 saturated carbocycles. The maximum absolute atomic E-state index is 12.2. The van der Waals surface area contributed by atoms with Crippen molar-refractivity contribution in [2.75, 3.05) is 0 Å². The van der Waals surface area contributed by atoms with Gasteiger partial charge >= 0.3 is 5.97 Å². The first-order chi connectivity index (χ1) is 8.52. The number of rotatable bonds is 4. The van der Waals surface area contributed by atoms with Crippen LogP contribution in [0.25, 0.3) is 0 Å². The lowest BCUT2D eigenvalue weighted by atomic mass is 9.66. The van der Waals surface area contributed by atoms with Gasteiger partial charge in [-0.05, 0) is 30.6 Å². The first-order valence-corrected chi connectivity index (χ1v) is 6.96. The number of ketones is 1. The molecule has 0 aromatic heterocycles. The molecular weight excluding hydrogens is 240 g/mol. The minimum absolute atomic E-state index is 0.133. The molecule has 3 nitrogen and oxygen atoms in total. The second-order valence-electron chi connectivity index (χ2n) is 7.47. The quantitative estimate of drug-likeness (QED) is 0.621. The summed E-state index contributed by atoms with van der Waals surface area (Å²) in [7, 11) is 0. The standard InChI is InChI=1S/C16H26O3/c1-11-6-12(9-15(2,3)4)10-16(5,8-11)13(17)7-14(18)19/h6,11H,7-10H2,1-5H3,(H,18,19). The van der Waals surface area contributed by atoms with Crippen molar-refractivity contribution in [3.63, 3.8) is 0 Å². The lowest BCUT2D eigenvalue weighted by Crippen LogP contribution is -2.34. The normalized spacial score (nSPS) is 27.8. The van der Waals surface area contributed by atoms with Crippen molar-refractivity contribution in [3.8, 4) is 0 Å². The van der Waals surface area contributed by atoms with Gasteiger partial charge in [-0.1, -0.05) is 46.3 Å². The number of allylic oxidation sites excluding steroid dienone is 2. The van der Waals surface area contributed by atoms with Crippen molar-refractivity contribution in [3.05, 3.63) is 11.6 Å². The van der Waals surface area contributed by atoms with Crippen LogP contribution in [0, 0.1) is 16.7 Å². The second kappa shape index (κ2) is 5.48. The smallest absolute Gasteiger partial charge is 0.310 e. The zero-order valence-electron chi connectivity index (χ0n) is 12.7. The van der Waals surface area contributed by atoms with E-state index in [1.807, 2.05) is 6.92 Å². The molecule has 108 valence electrons. The number of aliphatic carboxylic acids is 1. The highest BCUT2D eigenvalue weighted by molar-refractivity contribution is 5.98. The van der Waals surface area contributed by atoms with E-state index in [0.717, 1.165) is 12.8 Å². The van der Waals surface area contributed by atoms with E-state index >= 15 is 0 Å². The molecule has 0 fully saturated rings. The summed E-state index contributed by atoms with van der Waals surface area (Å²) in [5.74, 6) is -0.814. The van der Waals surface area contributed by atoms with Crippen molar-refractivity contribution in [2.24, 2.45) is 16.7 Å². The Morgan fingerprint density at radius 2 is 2.00 bits per heavy atom. The summed E-state index contributed by atoms with van der Waals surface area (Å²) in [6.45, 7) is 10.6. The average Bonchev–Trinajstić information content (AvgIpc) is 2.11. The molecule has 1 aliphatic carbocycles. The molecule has 0 spiro atoms. The minimum Gasteiger partial charge on any atom is -0.481 e. The number of carboxylic acids is 1. The topological polar surface area (TPSA) is 54.4 Å². The maximum Gasteiger partial charge on any atom is 0.310 e. The van der Waals surface area contributed by atoms with E-state index < -0.39 is 11.4 Å². The Morgan fingerprint density at radius 3 is 2.47 bits per heavy atom. The summed E-state index contributed by atoms with van der Waals surface area (Å²) in [6.07, 6.45) is 4.34. The number of hydrogen-bond acceptors (Lipinski definition) is 2. The molecule has 0 bridgehead atoms. The highest BCUT2D eigenvalue weighted by Gasteiger charge is 2.38. The van der Waals surface area contributed by atoms with Gasteiger partial charge in [0.1, 0.15) is 12.2 Å². The lowest BCUT2D eigenvalue weighted by Gasteiger charge is -2.37. The highest BCUT2D eigenvalue weighted by Crippen LogP contribution is 2.43. The monoisotopic (exact) mass is 266 g/mol. The Morgan fingerprint density at radius 1 is 1.42 bits per heavy atom. The summed E-state index contributed by atoms with van der Waals surface area (Å²) in [5.41, 5.74) is 0.986. The molecule has 1 N–H and O–H groups in total. The van der Waals surface area contributed by atoms with Gasteiger partial charge in [0.2, 0.25) is 0 Å². The van der Waals surface area contributed by atoms with E-state index in [4.69, 9.17) is 5.11 Å². The third kappa shape index (κ3) is 4.81. The largest absolute Gasteiger partial charge is 0.481 e. The van der Waals surface area contributed by atoms with Crippen LogP contribution in [-0.4, -0.2) is 16.9 Å². The number of Topliss-reactive ketones (excluding diaryl/α,β-unsaturated/α-hetero) is 1. The molecule has 0 aliphatic heterocycles. The highest BCUT2D eigenvalue weighted by atomic mass is 16.4. The van der Waals surface area contributed by atoms with Gasteiger partial charge in [-0.15, -0.1) is 0 Å². The molecule has 3 heteroatoms. The molecule has 0 heterocycles. The fourth-order valence-electron chi connectivity index (χ4n) is 3.17. The molecule has 0 saturated heterocycles. The fraction of sp³-hybridized carbons (Fsp3) is 0.750. The van der Waals surface area contributed by atoms with E-state index in [1.165, 1.54) is 5.57 Å². The summed E-state index contributed by atoms with van der Waals surface area (Å²) >= 11 is 0. The van der Waals surface area contributed by atoms with Crippen molar-refractivity contribution >= 4 is 11.8 Å². The molecule has 0 amide bonds. The van der Waals surface area contributed by atoms with Gasteiger partial charge in [-0.2, -0.15) is 0 Å². The zero-order valence-corrected chi connectivity index (χ0v) is 12.7. The van der Waals surface area contributed by atoms with Crippen LogP contribution in [0.15, 0.2) is 11.6 Å². The van der Waals surface area contributed by atoms with Crippen LogP contribution in [0.3, 0.4) is 0 Å². The summed E-state index contributed by atoms with van der Waals surface area (Å²) in [5, 5.41) is 8.81. The third-order valence-corrected chi connectivity index (χ3v) is 3.65. The summed E-state index contributed by atoms with van der Waals surface area (Å²) < 4.78 is 0. The zero-order chi connectivity index (χ0) is 14.8. The van der Waals surface area contributed by atoms with E-state index in [-0.39, 0.29) is 17.6 Å². The predicted octanol–water partition coefficient (Wildman–Crippen LogP) is 3.83. The molecule has 19 heavy (non-hydrogen) atoms. The van der Waals surface area contributed by atoms with Gasteiger partial charge < -0.3 is 5.11 Å². The number of carbonyl (C=O) groups is 2. The predicted molar refractivity (Wildman–Crippen MR) is 75.9 cm³/mol. The van der Waals surface area contributed by atoms with Gasteiger partial charge in [0.15, 0.2) is 0 Å². The van der Waals surface area contributed by atoms with Gasteiger partial charge in [-0.3, -0.25) is 9.59 Å². The van der Waals surface area contributed by atoms with Crippen molar-refractivity contribution < 1.29 is 14.7 Å². The Kier molecular flexibility index (Phi) is 4.59. The fourth-order valence-corrected chi connectivity index (χ4v) is 3.17. The van der Waals surface area contributed by atoms with Gasteiger partial charge in [0.05, 0.1) is 0 Å². The molecule has 0 aromatic carbocycles. The summed E-state index contributed by atoms with van der Waals surface area (Å²) in [4.78, 5) is 22.9. The van der Waals surface area contributed by atoms with Crippen molar-refractivity contribution in [1.29, 1.82) is 0 Å². The van der Waals surface area contributed by atoms with Gasteiger partial charge in [-0.25, -0.2) is 0 Å². The van der Waals surface area contributed by atoms with Crippen LogP contribution in [-0.2, 0) is 9.59 Å². The van der Waals surface area contributed by atoms with E-state index in [9.17, 15) is 9.59 Å². The SMILES string of the molecule is CC1C=C(CC(C)(C)C)CC(C)(C(=O)CC(=O)O)C1. The van der Waals surface area contributed by atoms with E-state index in [2.05, 4.69) is 33.8 Å². The Labute approximate surface area is 116 Å². The Balaban J connectivity index is 2.86. The van der Waals surface area contributed by atoms with E-state index in [0.29, 0.717) is 12.3 Å². The molecule has 0 radical (unpaired) electrons. The summed E-state index contributed by atoms with van der Waals surface area (Å²) in [6, 6.07) is 0. The number of carbonyl (C=O) groups excluding carboxylic acids is 1. The minimum atomic E-state index is -1.02. The van der Waals surface area contributed by atoms with Crippen LogP contribution in [0.4, 0.5) is 0 Å². The Bertz CT molecular complexity index is 401. The molecule has 1 aliphatic rings. The third-order valence-electron chi connectivity index (χ3n) is 3.65. The van der Waals surface area contributed by atoms with Crippen LogP contribution in [0.5, 0.6) is 0 Å². The van der Waals surface area contributed by atoms with Crippen molar-refractivity contribution in [1.82, 2.24) is 0 Å². The first-order valence-electron chi connectivity index (χ1n) is 6.96. The molecule has 2 atom stereocenters. The van der Waals surface area contributed by atoms with Gasteiger partial charge in [0, 0.05) is 5.41 Å². The number of hydrogen-bond donors (Lipinski definition) is 1.